The zero-order valence-electron chi connectivity index (χ0n) is 14.3. The molecule has 2 aromatic rings. The number of amides is 1. The lowest BCUT2D eigenvalue weighted by Crippen LogP contribution is -2.30. The molecular weight excluding hydrogens is 334 g/mol. The molecule has 2 aromatic carbocycles. The molecule has 134 valence electrons. The number of hydrogen-bond donors (Lipinski definition) is 0. The molecule has 0 N–H and O–H groups in total. The molecule has 1 saturated heterocycles. The van der Waals surface area contributed by atoms with E-state index in [0.717, 1.165) is 36.4 Å². The number of likely N-dealkylation sites (tertiary alicyclic amines) is 1. The predicted octanol–water partition coefficient (Wildman–Crippen LogP) is 3.16. The number of carbonyl (C=O) groups is 1. The minimum absolute atomic E-state index is 0.0145. The number of nitrogens with zero attached hydrogens (tertiary/aromatic N) is 1. The number of fused-ring (bicyclic) bond motifs is 2. The molecule has 0 aliphatic carbocycles. The summed E-state index contributed by atoms with van der Waals surface area (Å²) in [6, 6.07) is 11.4. The van der Waals surface area contributed by atoms with Crippen LogP contribution in [-0.4, -0.2) is 37.4 Å². The lowest BCUT2D eigenvalue weighted by Gasteiger charge is -2.27. The van der Waals surface area contributed by atoms with E-state index >= 15 is 0 Å². The van der Waals surface area contributed by atoms with Crippen LogP contribution in [0.5, 0.6) is 23.0 Å². The highest BCUT2D eigenvalue weighted by Gasteiger charge is 2.32. The monoisotopic (exact) mass is 353 g/mol. The third-order valence-electron chi connectivity index (χ3n) is 5.08. The van der Waals surface area contributed by atoms with E-state index in [-0.39, 0.29) is 18.7 Å². The average Bonchev–Trinajstić information content (AvgIpc) is 3.35. The summed E-state index contributed by atoms with van der Waals surface area (Å²) in [5.41, 5.74) is 1.71. The van der Waals surface area contributed by atoms with Gasteiger partial charge in [-0.25, -0.2) is 0 Å². The Kier molecular flexibility index (Phi) is 3.62. The van der Waals surface area contributed by atoms with Gasteiger partial charge in [-0.15, -0.1) is 0 Å². The Bertz CT molecular complexity index is 865. The van der Waals surface area contributed by atoms with E-state index in [1.165, 1.54) is 0 Å². The Morgan fingerprint density at radius 1 is 0.885 bits per heavy atom. The van der Waals surface area contributed by atoms with Crippen molar-refractivity contribution in [3.8, 4) is 23.0 Å². The number of benzene rings is 2. The molecule has 26 heavy (non-hydrogen) atoms. The van der Waals surface area contributed by atoms with Crippen molar-refractivity contribution in [1.29, 1.82) is 0 Å². The van der Waals surface area contributed by atoms with Crippen molar-refractivity contribution in [2.75, 3.05) is 26.6 Å². The molecule has 0 unspecified atom stereocenters. The van der Waals surface area contributed by atoms with Crippen molar-refractivity contribution in [1.82, 2.24) is 4.90 Å². The summed E-state index contributed by atoms with van der Waals surface area (Å²) in [6.07, 6.45) is 1.92. The largest absolute Gasteiger partial charge is 0.486 e. The van der Waals surface area contributed by atoms with Gasteiger partial charge in [-0.3, -0.25) is 4.79 Å². The first-order valence-corrected chi connectivity index (χ1v) is 8.90. The predicted molar refractivity (Wildman–Crippen MR) is 93.0 cm³/mol. The summed E-state index contributed by atoms with van der Waals surface area (Å²) >= 11 is 0. The van der Waals surface area contributed by atoms with Gasteiger partial charge >= 0.3 is 0 Å². The summed E-state index contributed by atoms with van der Waals surface area (Å²) in [4.78, 5) is 15.0. The van der Waals surface area contributed by atoms with Crippen molar-refractivity contribution in [2.45, 2.75) is 18.9 Å². The van der Waals surface area contributed by atoms with Gasteiger partial charge in [-0.2, -0.15) is 0 Å². The van der Waals surface area contributed by atoms with Gasteiger partial charge in [0.05, 0.1) is 6.04 Å². The first-order valence-electron chi connectivity index (χ1n) is 8.90. The average molecular weight is 353 g/mol. The van der Waals surface area contributed by atoms with E-state index < -0.39 is 0 Å². The SMILES string of the molecule is O=C(c1ccc2c(c1)OCO2)N1CCC[C@H]1c1ccc2c(c1)OCCO2. The molecule has 1 fully saturated rings. The van der Waals surface area contributed by atoms with Crippen molar-refractivity contribution in [2.24, 2.45) is 0 Å². The highest BCUT2D eigenvalue weighted by atomic mass is 16.7. The van der Waals surface area contributed by atoms with Crippen molar-refractivity contribution >= 4 is 5.91 Å². The second kappa shape index (κ2) is 6.12. The molecule has 3 heterocycles. The van der Waals surface area contributed by atoms with Crippen LogP contribution < -0.4 is 18.9 Å². The first-order chi connectivity index (χ1) is 12.8. The van der Waals surface area contributed by atoms with Crippen molar-refractivity contribution in [3.63, 3.8) is 0 Å². The molecule has 6 heteroatoms. The minimum Gasteiger partial charge on any atom is -0.486 e. The van der Waals surface area contributed by atoms with E-state index in [9.17, 15) is 4.79 Å². The van der Waals surface area contributed by atoms with Crippen LogP contribution in [-0.2, 0) is 0 Å². The molecule has 0 saturated carbocycles. The maximum atomic E-state index is 13.1. The molecule has 1 atom stereocenters. The van der Waals surface area contributed by atoms with E-state index in [1.807, 2.05) is 23.1 Å². The first kappa shape index (κ1) is 15.4. The molecule has 0 radical (unpaired) electrons. The van der Waals surface area contributed by atoms with Gasteiger partial charge in [-0.05, 0) is 48.7 Å². The Hall–Kier alpha value is -2.89. The quantitative estimate of drug-likeness (QED) is 0.830. The molecule has 0 bridgehead atoms. The Labute approximate surface area is 151 Å². The van der Waals surface area contributed by atoms with Gasteiger partial charge < -0.3 is 23.8 Å². The Morgan fingerprint density at radius 2 is 1.62 bits per heavy atom. The molecule has 5 rings (SSSR count). The molecule has 1 amide bonds. The summed E-state index contributed by atoms with van der Waals surface area (Å²) < 4.78 is 22.0. The number of ether oxygens (including phenoxy) is 4. The van der Waals surface area contributed by atoms with E-state index in [4.69, 9.17) is 18.9 Å². The maximum absolute atomic E-state index is 13.1. The minimum atomic E-state index is 0.0145. The van der Waals surface area contributed by atoms with Crippen LogP contribution in [0.15, 0.2) is 36.4 Å². The van der Waals surface area contributed by atoms with E-state index in [2.05, 4.69) is 0 Å². The highest BCUT2D eigenvalue weighted by Crippen LogP contribution is 2.39. The second-order valence-electron chi connectivity index (χ2n) is 6.63. The van der Waals surface area contributed by atoms with Crippen LogP contribution in [0.3, 0.4) is 0 Å². The van der Waals surface area contributed by atoms with Crippen LogP contribution in [0.25, 0.3) is 0 Å². The van der Waals surface area contributed by atoms with Crippen LogP contribution >= 0.6 is 0 Å². The van der Waals surface area contributed by atoms with Gasteiger partial charge in [0.1, 0.15) is 13.2 Å². The molecule has 6 nitrogen and oxygen atoms in total. The van der Waals surface area contributed by atoms with E-state index in [1.54, 1.807) is 18.2 Å². The van der Waals surface area contributed by atoms with Gasteiger partial charge in [0.15, 0.2) is 23.0 Å². The van der Waals surface area contributed by atoms with Crippen LogP contribution in [0.2, 0.25) is 0 Å². The molecule has 3 aliphatic heterocycles. The fourth-order valence-corrected chi connectivity index (χ4v) is 3.82. The lowest BCUT2D eigenvalue weighted by atomic mass is 10.0. The van der Waals surface area contributed by atoms with Gasteiger partial charge in [0.2, 0.25) is 6.79 Å². The third-order valence-corrected chi connectivity index (χ3v) is 5.08. The number of rotatable bonds is 2. The summed E-state index contributed by atoms with van der Waals surface area (Å²) in [7, 11) is 0. The molecule has 3 aliphatic rings. The smallest absolute Gasteiger partial charge is 0.254 e. The highest BCUT2D eigenvalue weighted by molar-refractivity contribution is 5.95. The molecular formula is C20H19NO5. The maximum Gasteiger partial charge on any atom is 0.254 e. The Balaban J connectivity index is 1.42. The number of carbonyl (C=O) groups excluding carboxylic acids is 1. The number of hydrogen-bond acceptors (Lipinski definition) is 5. The van der Waals surface area contributed by atoms with Crippen LogP contribution in [0, 0.1) is 0 Å². The summed E-state index contributed by atoms with van der Waals surface area (Å²) in [5.74, 6) is 2.86. The zero-order chi connectivity index (χ0) is 17.5. The van der Waals surface area contributed by atoms with Crippen LogP contribution in [0.4, 0.5) is 0 Å². The lowest BCUT2D eigenvalue weighted by molar-refractivity contribution is 0.0734. The zero-order valence-corrected chi connectivity index (χ0v) is 14.3. The summed E-state index contributed by atoms with van der Waals surface area (Å²) in [5, 5.41) is 0. The van der Waals surface area contributed by atoms with Gasteiger partial charge in [-0.1, -0.05) is 6.07 Å². The third kappa shape index (κ3) is 2.53. The fourth-order valence-electron chi connectivity index (χ4n) is 3.82. The topological polar surface area (TPSA) is 57.2 Å². The van der Waals surface area contributed by atoms with Gasteiger partial charge in [0, 0.05) is 12.1 Å². The summed E-state index contributed by atoms with van der Waals surface area (Å²) in [6.45, 7) is 2.08. The van der Waals surface area contributed by atoms with Crippen molar-refractivity contribution in [3.05, 3.63) is 47.5 Å². The fraction of sp³-hybridized carbons (Fsp3) is 0.350. The van der Waals surface area contributed by atoms with Crippen LogP contribution in [0.1, 0.15) is 34.8 Å². The molecule has 0 aromatic heterocycles. The van der Waals surface area contributed by atoms with Crippen molar-refractivity contribution < 1.29 is 23.7 Å². The standard InChI is InChI=1S/C20H19NO5/c22-20(14-4-6-17-19(11-14)26-12-25-17)21-7-1-2-15(21)13-3-5-16-18(10-13)24-9-8-23-16/h3-6,10-11,15H,1-2,7-9,12H2/t15-/m0/s1. The molecule has 0 spiro atoms. The second-order valence-corrected chi connectivity index (χ2v) is 6.63. The Morgan fingerprint density at radius 3 is 2.54 bits per heavy atom. The normalized spacial score (nSPS) is 20.3. The van der Waals surface area contributed by atoms with Gasteiger partial charge in [0.25, 0.3) is 5.91 Å². The van der Waals surface area contributed by atoms with E-state index in [0.29, 0.717) is 30.3 Å².